The van der Waals surface area contributed by atoms with Gasteiger partial charge >= 0.3 is 0 Å². The predicted octanol–water partition coefficient (Wildman–Crippen LogP) is 2.43. The van der Waals surface area contributed by atoms with Crippen LogP contribution in [-0.4, -0.2) is 15.2 Å². The van der Waals surface area contributed by atoms with Gasteiger partial charge in [-0.25, -0.2) is 0 Å². The number of benzene rings is 1. The first-order valence-electron chi connectivity index (χ1n) is 4.29. The van der Waals surface area contributed by atoms with E-state index >= 15 is 0 Å². The minimum Gasteiger partial charge on any atom is -0.382 e. The molecule has 0 atom stereocenters. The Hall–Kier alpha value is -1.30. The van der Waals surface area contributed by atoms with E-state index in [1.165, 1.54) is 0 Å². The summed E-state index contributed by atoms with van der Waals surface area (Å²) in [7, 11) is 0. The Morgan fingerprint density at radius 1 is 1.06 bits per heavy atom. The lowest BCUT2D eigenvalue weighted by molar-refractivity contribution is 1.000. The molecule has 0 unspecified atom stereocenters. The van der Waals surface area contributed by atoms with Crippen LogP contribution >= 0.6 is 35.6 Å². The molecule has 1 aromatic heterocycles. The van der Waals surface area contributed by atoms with Crippen LogP contribution in [0.1, 0.15) is 0 Å². The largest absolute Gasteiger partial charge is 0.382 e. The van der Waals surface area contributed by atoms with Gasteiger partial charge in [0.15, 0.2) is 5.82 Å². The van der Waals surface area contributed by atoms with E-state index in [4.69, 9.17) is 34.7 Å². The Bertz CT molecular complexity index is 546. The van der Waals surface area contributed by atoms with Crippen molar-refractivity contribution in [3.63, 3.8) is 0 Å². The van der Waals surface area contributed by atoms with Gasteiger partial charge < -0.3 is 11.5 Å². The van der Waals surface area contributed by atoms with Crippen LogP contribution in [0.2, 0.25) is 10.0 Å². The average Bonchev–Trinajstić information content (AvgIpc) is 2.23. The monoisotopic (exact) mass is 291 g/mol. The number of nitrogen functional groups attached to an aromatic ring is 2. The van der Waals surface area contributed by atoms with E-state index in [0.717, 1.165) is 0 Å². The van der Waals surface area contributed by atoms with Gasteiger partial charge in [-0.05, 0) is 6.07 Å². The molecule has 5 nitrogen and oxygen atoms in total. The number of nitrogens with two attached hydrogens (primary N) is 2. The second-order valence-electron chi connectivity index (χ2n) is 3.01. The molecule has 0 saturated carbocycles. The summed E-state index contributed by atoms with van der Waals surface area (Å²) in [6.45, 7) is 0. The first-order valence-corrected chi connectivity index (χ1v) is 5.05. The first kappa shape index (κ1) is 13.8. The van der Waals surface area contributed by atoms with Crippen molar-refractivity contribution in [2.75, 3.05) is 11.5 Å². The minimum atomic E-state index is 0. The standard InChI is InChI=1S/C9H7Cl2N5.ClH/c10-5-3-1-2-4(6(5)11)7-8(12)14-9(13)16-15-7;/h1-3H,(H4,12,13,14,16);1H. The van der Waals surface area contributed by atoms with Gasteiger partial charge in [-0.15, -0.1) is 22.6 Å². The summed E-state index contributed by atoms with van der Waals surface area (Å²) >= 11 is 11.9. The highest BCUT2D eigenvalue weighted by Gasteiger charge is 2.12. The molecule has 0 aliphatic heterocycles. The molecule has 2 aromatic rings. The summed E-state index contributed by atoms with van der Waals surface area (Å²) in [6.07, 6.45) is 0. The maximum atomic E-state index is 6.03. The second-order valence-corrected chi connectivity index (χ2v) is 3.79. The highest BCUT2D eigenvalue weighted by molar-refractivity contribution is 6.43. The molecule has 0 aliphatic carbocycles. The van der Waals surface area contributed by atoms with E-state index in [2.05, 4.69) is 15.2 Å². The van der Waals surface area contributed by atoms with E-state index < -0.39 is 0 Å². The van der Waals surface area contributed by atoms with Crippen molar-refractivity contribution in [1.29, 1.82) is 0 Å². The maximum absolute atomic E-state index is 6.03. The lowest BCUT2D eigenvalue weighted by Gasteiger charge is -2.06. The number of nitrogens with zero attached hydrogens (tertiary/aromatic N) is 3. The van der Waals surface area contributed by atoms with E-state index in [9.17, 15) is 0 Å². The molecule has 8 heteroatoms. The molecular weight excluding hydrogens is 284 g/mol. The fourth-order valence-corrected chi connectivity index (χ4v) is 1.62. The molecule has 1 aromatic carbocycles. The molecule has 0 spiro atoms. The Balaban J connectivity index is 0.00000144. The van der Waals surface area contributed by atoms with E-state index in [0.29, 0.717) is 21.3 Å². The molecule has 0 radical (unpaired) electrons. The van der Waals surface area contributed by atoms with Crippen molar-refractivity contribution >= 4 is 47.4 Å². The fraction of sp³-hybridized carbons (Fsp3) is 0. The number of halogens is 3. The quantitative estimate of drug-likeness (QED) is 0.842. The zero-order valence-electron chi connectivity index (χ0n) is 8.39. The molecule has 17 heavy (non-hydrogen) atoms. The Morgan fingerprint density at radius 2 is 1.76 bits per heavy atom. The number of aromatic nitrogens is 3. The van der Waals surface area contributed by atoms with Crippen LogP contribution in [0.5, 0.6) is 0 Å². The predicted molar refractivity (Wildman–Crippen MR) is 71.4 cm³/mol. The van der Waals surface area contributed by atoms with Gasteiger partial charge in [0.05, 0.1) is 10.0 Å². The van der Waals surface area contributed by atoms with Crippen LogP contribution < -0.4 is 11.5 Å². The van der Waals surface area contributed by atoms with Gasteiger partial charge in [-0.2, -0.15) is 4.98 Å². The third-order valence-electron chi connectivity index (χ3n) is 1.94. The first-order chi connectivity index (χ1) is 7.59. The third kappa shape index (κ3) is 2.69. The lowest BCUT2D eigenvalue weighted by Crippen LogP contribution is -2.04. The van der Waals surface area contributed by atoms with E-state index in [-0.39, 0.29) is 24.2 Å². The number of hydrogen-bond acceptors (Lipinski definition) is 5. The van der Waals surface area contributed by atoms with Gasteiger partial charge in [-0.1, -0.05) is 35.3 Å². The summed E-state index contributed by atoms with van der Waals surface area (Å²) in [5.41, 5.74) is 12.0. The highest BCUT2D eigenvalue weighted by Crippen LogP contribution is 2.33. The zero-order valence-corrected chi connectivity index (χ0v) is 10.7. The molecule has 4 N–H and O–H groups in total. The van der Waals surface area contributed by atoms with Crippen LogP contribution in [0.4, 0.5) is 11.8 Å². The number of anilines is 2. The topological polar surface area (TPSA) is 90.7 Å². The van der Waals surface area contributed by atoms with Crippen molar-refractivity contribution < 1.29 is 0 Å². The van der Waals surface area contributed by atoms with E-state index in [1.54, 1.807) is 18.2 Å². The van der Waals surface area contributed by atoms with Crippen LogP contribution in [-0.2, 0) is 0 Å². The average molecular weight is 293 g/mol. The minimum absolute atomic E-state index is 0. The lowest BCUT2D eigenvalue weighted by atomic mass is 10.1. The summed E-state index contributed by atoms with van der Waals surface area (Å²) < 4.78 is 0. The van der Waals surface area contributed by atoms with Gasteiger partial charge in [-0.3, -0.25) is 0 Å². The third-order valence-corrected chi connectivity index (χ3v) is 2.76. The van der Waals surface area contributed by atoms with Gasteiger partial charge in [0, 0.05) is 5.56 Å². The second kappa shape index (κ2) is 5.35. The molecule has 90 valence electrons. The zero-order chi connectivity index (χ0) is 11.7. The van der Waals surface area contributed by atoms with Crippen molar-refractivity contribution in [3.8, 4) is 11.3 Å². The summed E-state index contributed by atoms with van der Waals surface area (Å²) in [5, 5.41) is 8.24. The normalized spacial score (nSPS) is 9.76. The van der Waals surface area contributed by atoms with Gasteiger partial charge in [0.25, 0.3) is 0 Å². The van der Waals surface area contributed by atoms with Crippen LogP contribution in [0.25, 0.3) is 11.3 Å². The van der Waals surface area contributed by atoms with Gasteiger partial charge in [0.1, 0.15) is 5.69 Å². The van der Waals surface area contributed by atoms with Crippen molar-refractivity contribution in [2.24, 2.45) is 0 Å². The molecule has 0 saturated heterocycles. The molecule has 0 bridgehead atoms. The summed E-state index contributed by atoms with van der Waals surface area (Å²) in [6, 6.07) is 5.13. The van der Waals surface area contributed by atoms with Gasteiger partial charge in [0.2, 0.25) is 5.95 Å². The van der Waals surface area contributed by atoms with Crippen LogP contribution in [0.3, 0.4) is 0 Å². The Kier molecular flexibility index (Phi) is 4.34. The fourth-order valence-electron chi connectivity index (χ4n) is 1.23. The Labute approximate surface area is 114 Å². The smallest absolute Gasteiger partial charge is 0.242 e. The molecule has 1 heterocycles. The van der Waals surface area contributed by atoms with Crippen molar-refractivity contribution in [3.05, 3.63) is 28.2 Å². The molecule has 0 fully saturated rings. The molecule has 0 amide bonds. The van der Waals surface area contributed by atoms with Crippen molar-refractivity contribution in [2.45, 2.75) is 0 Å². The number of rotatable bonds is 1. The molecule has 0 aliphatic rings. The van der Waals surface area contributed by atoms with Crippen molar-refractivity contribution in [1.82, 2.24) is 15.2 Å². The van der Waals surface area contributed by atoms with E-state index in [1.807, 2.05) is 0 Å². The SMILES string of the molecule is Cl.Nc1nnc(-c2cccc(Cl)c2Cl)c(N)n1. The Morgan fingerprint density at radius 3 is 2.41 bits per heavy atom. The highest BCUT2D eigenvalue weighted by atomic mass is 35.5. The van der Waals surface area contributed by atoms with Crippen LogP contribution in [0, 0.1) is 0 Å². The summed E-state index contributed by atoms with van der Waals surface area (Å²) in [4.78, 5) is 3.80. The maximum Gasteiger partial charge on any atom is 0.242 e. The molecular formula is C9H8Cl3N5. The number of hydrogen-bond donors (Lipinski definition) is 2. The molecule has 2 rings (SSSR count). The van der Waals surface area contributed by atoms with Crippen LogP contribution in [0.15, 0.2) is 18.2 Å². The summed E-state index contributed by atoms with van der Waals surface area (Å²) in [5.74, 6) is 0.177.